The van der Waals surface area contributed by atoms with Crippen molar-refractivity contribution < 1.29 is 19.1 Å². The minimum atomic E-state index is -1.22. The lowest BCUT2D eigenvalue weighted by atomic mass is 10.0. The van der Waals surface area contributed by atoms with Gasteiger partial charge in [0.1, 0.15) is 28.9 Å². The molecule has 0 fully saturated rings. The molecule has 146 valence electrons. The second-order valence-corrected chi connectivity index (χ2v) is 6.60. The largest absolute Gasteiger partial charge is 0.477 e. The number of hydrogen-bond donors (Lipinski definition) is 3. The smallest absolute Gasteiger partial charge is 0.352 e. The van der Waals surface area contributed by atoms with Crippen LogP contribution < -0.4 is 10.6 Å². The number of nitrogens with one attached hydrogen (secondary N) is 2. The van der Waals surface area contributed by atoms with Crippen LogP contribution >= 0.6 is 0 Å². The van der Waals surface area contributed by atoms with Crippen molar-refractivity contribution in [1.29, 1.82) is 0 Å². The number of rotatable bonds is 4. The van der Waals surface area contributed by atoms with Gasteiger partial charge in [-0.15, -0.1) is 0 Å². The molecule has 4 rings (SSSR count). The molecule has 0 saturated carbocycles. The van der Waals surface area contributed by atoms with Crippen molar-refractivity contribution in [2.24, 2.45) is 0 Å². The van der Waals surface area contributed by atoms with E-state index in [9.17, 15) is 19.1 Å². The Kier molecular flexibility index (Phi) is 4.59. The topological polar surface area (TPSA) is 96.3 Å². The second-order valence-electron chi connectivity index (χ2n) is 6.60. The molecule has 3 aromatic rings. The number of anilines is 2. The Morgan fingerprint density at radius 1 is 1.17 bits per heavy atom. The maximum atomic E-state index is 14.4. The van der Waals surface area contributed by atoms with Crippen molar-refractivity contribution in [1.82, 2.24) is 9.78 Å². The van der Waals surface area contributed by atoms with E-state index in [1.807, 2.05) is 19.1 Å². The van der Waals surface area contributed by atoms with Crippen LogP contribution in [-0.2, 0) is 4.79 Å². The molecule has 1 aromatic heterocycles. The van der Waals surface area contributed by atoms with Gasteiger partial charge in [0.2, 0.25) is 0 Å². The van der Waals surface area contributed by atoms with Crippen molar-refractivity contribution in [3.05, 3.63) is 89.0 Å². The maximum absolute atomic E-state index is 14.4. The molecule has 7 nitrogen and oxygen atoms in total. The number of para-hydroxylation sites is 1. The Bertz CT molecular complexity index is 1150. The summed E-state index contributed by atoms with van der Waals surface area (Å²) in [6.45, 7) is 1.86. The van der Waals surface area contributed by atoms with Gasteiger partial charge in [-0.25, -0.2) is 13.9 Å². The number of carboxylic acids is 1. The first kappa shape index (κ1) is 18.4. The molecule has 1 amide bonds. The number of hydrogen-bond acceptors (Lipinski definition) is 4. The zero-order chi connectivity index (χ0) is 20.5. The van der Waals surface area contributed by atoms with E-state index in [1.165, 1.54) is 23.0 Å². The van der Waals surface area contributed by atoms with Crippen molar-refractivity contribution in [3.8, 4) is 0 Å². The van der Waals surface area contributed by atoms with Crippen LogP contribution in [0.25, 0.3) is 0 Å². The standard InChI is InChI=1S/C21H17FN4O3/c1-12-6-2-5-9-16(12)25-20(27)14-11-23-26-18(13-7-3-4-8-15(13)22)10-17(21(28)29)24-19(14)26/h2-11,18,24H,1H3,(H,25,27)(H,28,29)/t18-/m0/s1. The zero-order valence-electron chi connectivity index (χ0n) is 15.4. The van der Waals surface area contributed by atoms with E-state index in [-0.39, 0.29) is 22.6 Å². The summed E-state index contributed by atoms with van der Waals surface area (Å²) >= 11 is 0. The van der Waals surface area contributed by atoms with Crippen molar-refractivity contribution in [2.75, 3.05) is 10.6 Å². The van der Waals surface area contributed by atoms with Crippen LogP contribution in [0.4, 0.5) is 15.9 Å². The van der Waals surface area contributed by atoms with Crippen LogP contribution in [0.5, 0.6) is 0 Å². The number of aryl methyl sites for hydroxylation is 1. The van der Waals surface area contributed by atoms with Gasteiger partial charge in [-0.3, -0.25) is 4.79 Å². The molecule has 0 saturated heterocycles. The van der Waals surface area contributed by atoms with Crippen LogP contribution in [0.3, 0.4) is 0 Å². The number of halogens is 1. The maximum Gasteiger partial charge on any atom is 0.352 e. The van der Waals surface area contributed by atoms with Crippen molar-refractivity contribution in [3.63, 3.8) is 0 Å². The third-order valence-corrected chi connectivity index (χ3v) is 4.73. The van der Waals surface area contributed by atoms with Gasteiger partial charge in [0.05, 0.1) is 6.20 Å². The highest BCUT2D eigenvalue weighted by atomic mass is 19.1. The number of aliphatic carboxylic acids is 1. The number of carbonyl (C=O) groups excluding carboxylic acids is 1. The summed E-state index contributed by atoms with van der Waals surface area (Å²) < 4.78 is 15.8. The molecule has 29 heavy (non-hydrogen) atoms. The number of carboxylic acid groups (broad SMARTS) is 1. The van der Waals surface area contributed by atoms with E-state index >= 15 is 0 Å². The number of benzene rings is 2. The number of aromatic nitrogens is 2. The summed E-state index contributed by atoms with van der Waals surface area (Å²) in [4.78, 5) is 24.5. The van der Waals surface area contributed by atoms with E-state index in [0.29, 0.717) is 5.69 Å². The minimum absolute atomic E-state index is 0.154. The highest BCUT2D eigenvalue weighted by Crippen LogP contribution is 2.33. The first-order valence-corrected chi connectivity index (χ1v) is 8.86. The Morgan fingerprint density at radius 3 is 2.62 bits per heavy atom. The van der Waals surface area contributed by atoms with Gasteiger partial charge in [-0.1, -0.05) is 36.4 Å². The summed E-state index contributed by atoms with van der Waals surface area (Å²) in [5.74, 6) is -1.98. The lowest BCUT2D eigenvalue weighted by molar-refractivity contribution is -0.132. The Balaban J connectivity index is 1.75. The molecular weight excluding hydrogens is 375 g/mol. The van der Waals surface area contributed by atoms with Gasteiger partial charge in [0, 0.05) is 11.3 Å². The Hall–Kier alpha value is -3.94. The number of carbonyl (C=O) groups is 2. The third-order valence-electron chi connectivity index (χ3n) is 4.73. The van der Waals surface area contributed by atoms with E-state index in [1.54, 1.807) is 30.3 Å². The van der Waals surface area contributed by atoms with Crippen molar-refractivity contribution >= 4 is 23.4 Å². The first-order valence-electron chi connectivity index (χ1n) is 8.86. The summed E-state index contributed by atoms with van der Waals surface area (Å²) in [6, 6.07) is 12.5. The van der Waals surface area contributed by atoms with Gasteiger partial charge in [-0.05, 0) is 30.7 Å². The highest BCUT2D eigenvalue weighted by Gasteiger charge is 2.30. The minimum Gasteiger partial charge on any atom is -0.477 e. The number of amides is 1. The number of allylic oxidation sites excluding steroid dienone is 1. The van der Waals surface area contributed by atoms with Crippen LogP contribution in [0.2, 0.25) is 0 Å². The van der Waals surface area contributed by atoms with Gasteiger partial charge in [-0.2, -0.15) is 5.10 Å². The third kappa shape index (κ3) is 3.36. The SMILES string of the molecule is Cc1ccccc1NC(=O)c1cnn2c1NC(C(=O)O)=C[C@H]2c1ccccc1F. The molecule has 0 radical (unpaired) electrons. The van der Waals surface area contributed by atoms with Gasteiger partial charge in [0.15, 0.2) is 0 Å². The lowest BCUT2D eigenvalue weighted by Gasteiger charge is -2.24. The fourth-order valence-corrected chi connectivity index (χ4v) is 3.23. The normalized spacial score (nSPS) is 15.1. The van der Waals surface area contributed by atoms with E-state index < -0.39 is 23.7 Å². The molecule has 1 aliphatic rings. The summed E-state index contributed by atoms with van der Waals surface area (Å²) in [5.41, 5.74) is 1.76. The Morgan fingerprint density at radius 2 is 1.90 bits per heavy atom. The van der Waals surface area contributed by atoms with Crippen LogP contribution in [0, 0.1) is 12.7 Å². The average Bonchev–Trinajstić information content (AvgIpc) is 3.13. The molecule has 0 aliphatic carbocycles. The van der Waals surface area contributed by atoms with E-state index in [2.05, 4.69) is 15.7 Å². The number of fused-ring (bicyclic) bond motifs is 1. The summed E-state index contributed by atoms with van der Waals surface area (Å²) in [7, 11) is 0. The fourth-order valence-electron chi connectivity index (χ4n) is 3.23. The van der Waals surface area contributed by atoms with Gasteiger partial charge in [0.25, 0.3) is 5.91 Å². The lowest BCUT2D eigenvalue weighted by Crippen LogP contribution is -2.26. The molecule has 1 aliphatic heterocycles. The van der Waals surface area contributed by atoms with Gasteiger partial charge >= 0.3 is 5.97 Å². The fraction of sp³-hybridized carbons (Fsp3) is 0.0952. The number of nitrogens with zero attached hydrogens (tertiary/aromatic N) is 2. The predicted molar refractivity (Wildman–Crippen MR) is 105 cm³/mol. The monoisotopic (exact) mass is 392 g/mol. The molecule has 3 N–H and O–H groups in total. The van der Waals surface area contributed by atoms with Crippen LogP contribution in [-0.4, -0.2) is 26.8 Å². The van der Waals surface area contributed by atoms with Crippen molar-refractivity contribution in [2.45, 2.75) is 13.0 Å². The molecule has 0 unspecified atom stereocenters. The molecule has 1 atom stereocenters. The Labute approximate surface area is 165 Å². The molecule has 0 bridgehead atoms. The van der Waals surface area contributed by atoms with E-state index in [4.69, 9.17) is 0 Å². The summed E-state index contributed by atoms with van der Waals surface area (Å²) in [6.07, 6.45) is 2.70. The van der Waals surface area contributed by atoms with Crippen LogP contribution in [0.15, 0.2) is 66.5 Å². The highest BCUT2D eigenvalue weighted by molar-refractivity contribution is 6.08. The van der Waals surface area contributed by atoms with E-state index in [0.717, 1.165) is 5.56 Å². The molecule has 0 spiro atoms. The predicted octanol–water partition coefficient (Wildman–Crippen LogP) is 3.57. The first-order chi connectivity index (χ1) is 14.0. The van der Waals surface area contributed by atoms with Crippen LogP contribution in [0.1, 0.15) is 27.5 Å². The molecule has 2 aromatic carbocycles. The molecule has 2 heterocycles. The quantitative estimate of drug-likeness (QED) is 0.631. The summed E-state index contributed by atoms with van der Waals surface area (Å²) in [5, 5.41) is 19.2. The molecule has 8 heteroatoms. The molecular formula is C21H17FN4O3. The van der Waals surface area contributed by atoms with Gasteiger partial charge < -0.3 is 15.7 Å². The zero-order valence-corrected chi connectivity index (χ0v) is 15.4. The second kappa shape index (κ2) is 7.23. The average molecular weight is 392 g/mol.